The van der Waals surface area contributed by atoms with E-state index in [1.807, 2.05) is 6.07 Å². The summed E-state index contributed by atoms with van der Waals surface area (Å²) in [6, 6.07) is 1.97. The summed E-state index contributed by atoms with van der Waals surface area (Å²) in [7, 11) is -1.58. The summed E-state index contributed by atoms with van der Waals surface area (Å²) in [5.41, 5.74) is 0. The highest BCUT2D eigenvalue weighted by Crippen LogP contribution is 2.25. The Labute approximate surface area is 91.9 Å². The van der Waals surface area contributed by atoms with Gasteiger partial charge in [-0.15, -0.1) is 0 Å². The lowest BCUT2D eigenvalue weighted by Gasteiger charge is -2.26. The lowest BCUT2D eigenvalue weighted by atomic mass is 10.0. The molecule has 1 fully saturated rings. The molecule has 4 nitrogen and oxygen atoms in total. The SMILES string of the molecule is CN(CCC#N)S(=O)(=O)C1CCCCC1. The maximum Gasteiger partial charge on any atom is 0.216 e. The fourth-order valence-corrected chi connectivity index (χ4v) is 3.74. The highest BCUT2D eigenvalue weighted by molar-refractivity contribution is 7.89. The van der Waals surface area contributed by atoms with E-state index in [2.05, 4.69) is 0 Å². The number of sulfonamides is 1. The van der Waals surface area contributed by atoms with Crippen LogP contribution in [0, 0.1) is 11.3 Å². The zero-order valence-electron chi connectivity index (χ0n) is 9.15. The first-order valence-corrected chi connectivity index (χ1v) is 6.91. The smallest absolute Gasteiger partial charge is 0.212 e. The van der Waals surface area contributed by atoms with Gasteiger partial charge in [-0.25, -0.2) is 12.7 Å². The molecule has 1 aliphatic carbocycles. The molecule has 5 heteroatoms. The molecule has 0 unspecified atom stereocenters. The molecule has 0 spiro atoms. The van der Waals surface area contributed by atoms with Crippen LogP contribution in [0.5, 0.6) is 0 Å². The highest BCUT2D eigenvalue weighted by Gasteiger charge is 2.30. The lowest BCUT2D eigenvalue weighted by molar-refractivity contribution is 0.429. The van der Waals surface area contributed by atoms with E-state index in [0.717, 1.165) is 32.1 Å². The van der Waals surface area contributed by atoms with Gasteiger partial charge in [-0.05, 0) is 12.8 Å². The Balaban J connectivity index is 2.60. The van der Waals surface area contributed by atoms with Crippen LogP contribution in [0.15, 0.2) is 0 Å². The summed E-state index contributed by atoms with van der Waals surface area (Å²) in [5.74, 6) is 0. The zero-order valence-corrected chi connectivity index (χ0v) is 9.96. The third kappa shape index (κ3) is 3.18. The molecule has 1 saturated carbocycles. The maximum absolute atomic E-state index is 12.0. The fraction of sp³-hybridized carbons (Fsp3) is 0.900. The average molecular weight is 230 g/mol. The quantitative estimate of drug-likeness (QED) is 0.735. The Morgan fingerprint density at radius 1 is 1.33 bits per heavy atom. The highest BCUT2D eigenvalue weighted by atomic mass is 32.2. The van der Waals surface area contributed by atoms with Crippen LogP contribution in [0.1, 0.15) is 38.5 Å². The van der Waals surface area contributed by atoms with E-state index >= 15 is 0 Å². The molecule has 86 valence electrons. The standard InChI is InChI=1S/C10H18N2O2S/c1-12(9-5-8-11)15(13,14)10-6-3-2-4-7-10/h10H,2-7,9H2,1H3. The van der Waals surface area contributed by atoms with Crippen LogP contribution in [-0.4, -0.2) is 31.6 Å². The molecule has 0 amide bonds. The van der Waals surface area contributed by atoms with Gasteiger partial charge in [0.05, 0.1) is 11.3 Å². The number of rotatable bonds is 4. The van der Waals surface area contributed by atoms with E-state index in [1.54, 1.807) is 7.05 Å². The third-order valence-electron chi connectivity index (χ3n) is 2.95. The first-order valence-electron chi connectivity index (χ1n) is 5.41. The van der Waals surface area contributed by atoms with E-state index in [-0.39, 0.29) is 11.7 Å². The predicted molar refractivity (Wildman–Crippen MR) is 58.7 cm³/mol. The Bertz CT molecular complexity index is 326. The fourth-order valence-electron chi connectivity index (χ4n) is 1.95. The van der Waals surface area contributed by atoms with Gasteiger partial charge >= 0.3 is 0 Å². The third-order valence-corrected chi connectivity index (χ3v) is 5.31. The number of hydrogen-bond acceptors (Lipinski definition) is 3. The average Bonchev–Trinajstić information content (AvgIpc) is 2.27. The molecular formula is C10H18N2O2S. The minimum Gasteiger partial charge on any atom is -0.212 e. The molecule has 1 rings (SSSR count). The summed E-state index contributed by atoms with van der Waals surface area (Å²) in [4.78, 5) is 0. The Hall–Kier alpha value is -0.600. The van der Waals surface area contributed by atoms with Gasteiger partial charge in [-0.2, -0.15) is 5.26 Å². The van der Waals surface area contributed by atoms with Crippen LogP contribution >= 0.6 is 0 Å². The number of nitriles is 1. The van der Waals surface area contributed by atoms with Crippen molar-refractivity contribution in [2.75, 3.05) is 13.6 Å². The van der Waals surface area contributed by atoms with Crippen molar-refractivity contribution in [1.29, 1.82) is 5.26 Å². The van der Waals surface area contributed by atoms with Crippen molar-refractivity contribution >= 4 is 10.0 Å². The molecule has 0 aromatic carbocycles. The van der Waals surface area contributed by atoms with Gasteiger partial charge in [-0.1, -0.05) is 19.3 Å². The van der Waals surface area contributed by atoms with Gasteiger partial charge in [0, 0.05) is 20.0 Å². The van der Waals surface area contributed by atoms with Crippen molar-refractivity contribution in [2.45, 2.75) is 43.8 Å². The van der Waals surface area contributed by atoms with Crippen molar-refractivity contribution in [1.82, 2.24) is 4.31 Å². The summed E-state index contributed by atoms with van der Waals surface area (Å²) in [6.45, 7) is 0.315. The summed E-state index contributed by atoms with van der Waals surface area (Å²) in [6.07, 6.45) is 4.99. The van der Waals surface area contributed by atoms with Crippen molar-refractivity contribution in [3.63, 3.8) is 0 Å². The lowest BCUT2D eigenvalue weighted by Crippen LogP contribution is -2.37. The van der Waals surface area contributed by atoms with Crippen LogP contribution in [0.25, 0.3) is 0 Å². The van der Waals surface area contributed by atoms with Crippen LogP contribution in [0.3, 0.4) is 0 Å². The normalized spacial score (nSPS) is 19.0. The van der Waals surface area contributed by atoms with Crippen molar-refractivity contribution in [2.24, 2.45) is 0 Å². The predicted octanol–water partition coefficient (Wildman–Crippen LogP) is 1.49. The van der Waals surface area contributed by atoms with Gasteiger partial charge in [0.2, 0.25) is 10.0 Å². The number of nitrogens with zero attached hydrogens (tertiary/aromatic N) is 2. The number of hydrogen-bond donors (Lipinski definition) is 0. The monoisotopic (exact) mass is 230 g/mol. The first kappa shape index (κ1) is 12.5. The van der Waals surface area contributed by atoms with Crippen LogP contribution in [0.2, 0.25) is 0 Å². The van der Waals surface area contributed by atoms with Gasteiger partial charge in [0.1, 0.15) is 0 Å². The minimum absolute atomic E-state index is 0.213. The van der Waals surface area contributed by atoms with Crippen molar-refractivity contribution < 1.29 is 8.42 Å². The summed E-state index contributed by atoms with van der Waals surface area (Å²) >= 11 is 0. The molecule has 0 N–H and O–H groups in total. The Kier molecular flexibility index (Phi) is 4.55. The Morgan fingerprint density at radius 3 is 2.47 bits per heavy atom. The molecule has 0 saturated heterocycles. The molecule has 15 heavy (non-hydrogen) atoms. The maximum atomic E-state index is 12.0. The van der Waals surface area contributed by atoms with Crippen LogP contribution in [-0.2, 0) is 10.0 Å². The van der Waals surface area contributed by atoms with Crippen molar-refractivity contribution in [3.8, 4) is 6.07 Å². The zero-order chi connectivity index (χ0) is 11.3. The molecule has 0 aliphatic heterocycles. The molecule has 0 bridgehead atoms. The summed E-state index contributed by atoms with van der Waals surface area (Å²) in [5, 5.41) is 8.21. The largest absolute Gasteiger partial charge is 0.216 e. The van der Waals surface area contributed by atoms with Gasteiger partial charge in [0.15, 0.2) is 0 Å². The van der Waals surface area contributed by atoms with Gasteiger partial charge in [-0.3, -0.25) is 0 Å². The molecule has 0 heterocycles. The van der Waals surface area contributed by atoms with E-state index < -0.39 is 10.0 Å². The molecular weight excluding hydrogens is 212 g/mol. The van der Waals surface area contributed by atoms with Crippen LogP contribution < -0.4 is 0 Å². The molecule has 0 aromatic rings. The molecule has 0 atom stereocenters. The Morgan fingerprint density at radius 2 is 1.93 bits per heavy atom. The topological polar surface area (TPSA) is 61.2 Å². The van der Waals surface area contributed by atoms with Crippen molar-refractivity contribution in [3.05, 3.63) is 0 Å². The second-order valence-electron chi connectivity index (χ2n) is 4.03. The molecule has 0 radical (unpaired) electrons. The minimum atomic E-state index is -3.15. The molecule has 1 aliphatic rings. The van der Waals surface area contributed by atoms with E-state index in [4.69, 9.17) is 5.26 Å². The van der Waals surface area contributed by atoms with E-state index in [1.165, 1.54) is 4.31 Å². The van der Waals surface area contributed by atoms with Gasteiger partial charge in [0.25, 0.3) is 0 Å². The summed E-state index contributed by atoms with van der Waals surface area (Å²) < 4.78 is 25.4. The second kappa shape index (κ2) is 5.47. The van der Waals surface area contributed by atoms with E-state index in [0.29, 0.717) is 6.54 Å². The van der Waals surface area contributed by atoms with E-state index in [9.17, 15) is 8.42 Å². The molecule has 0 aromatic heterocycles. The van der Waals surface area contributed by atoms with Gasteiger partial charge < -0.3 is 0 Å². The first-order chi connectivity index (χ1) is 7.09. The van der Waals surface area contributed by atoms with Crippen LogP contribution in [0.4, 0.5) is 0 Å². The second-order valence-corrected chi connectivity index (χ2v) is 6.35.